The van der Waals surface area contributed by atoms with E-state index in [1.54, 1.807) is 0 Å². The molecule has 4 aromatic heterocycles. The van der Waals surface area contributed by atoms with Gasteiger partial charge in [-0.25, -0.2) is 0 Å². The molecule has 0 aliphatic rings. The Morgan fingerprint density at radius 1 is 0.307 bits per heavy atom. The van der Waals surface area contributed by atoms with Crippen LogP contribution in [0.15, 0.2) is 243 Å². The first-order valence-electron chi connectivity index (χ1n) is 26.2. The summed E-state index contributed by atoms with van der Waals surface area (Å²) >= 11 is 0. The van der Waals surface area contributed by atoms with Crippen molar-refractivity contribution in [3.05, 3.63) is 248 Å². The quantitative estimate of drug-likeness (QED) is 0.134. The first-order valence-corrected chi connectivity index (χ1v) is 29.7. The highest BCUT2D eigenvalue weighted by atomic mass is 28.3. The van der Waals surface area contributed by atoms with E-state index in [1.165, 1.54) is 121 Å². The summed E-state index contributed by atoms with van der Waals surface area (Å²) in [4.78, 5) is 5.00. The molecule has 0 atom stereocenters. The molecule has 0 radical (unpaired) electrons. The van der Waals surface area contributed by atoms with Gasteiger partial charge in [-0.1, -0.05) is 202 Å². The molecule has 4 nitrogen and oxygen atoms in total. The van der Waals surface area contributed by atoms with Gasteiger partial charge >= 0.3 is 0 Å². The van der Waals surface area contributed by atoms with Gasteiger partial charge in [0.2, 0.25) is 0 Å². The van der Waals surface area contributed by atoms with Crippen LogP contribution in [0.3, 0.4) is 0 Å². The van der Waals surface area contributed by atoms with E-state index >= 15 is 0 Å². The Kier molecular flexibility index (Phi) is 9.51. The molecule has 0 aliphatic heterocycles. The summed E-state index contributed by atoms with van der Waals surface area (Å²) in [7, 11) is -1.81. The van der Waals surface area contributed by atoms with Crippen molar-refractivity contribution in [3.63, 3.8) is 0 Å². The second kappa shape index (κ2) is 16.4. The van der Waals surface area contributed by atoms with Gasteiger partial charge in [0.15, 0.2) is 0 Å². The Bertz CT molecular complexity index is 4690. The fourth-order valence-electron chi connectivity index (χ4n) is 13.0. The highest BCUT2D eigenvalue weighted by Crippen LogP contribution is 2.56. The molecule has 15 rings (SSSR count). The SMILES string of the molecule is Cc1ccccc1N(c1ccccc1)c1cccc2c1c1cccc3c4c(-c5ccccc5)c5c(c(-c6ccccc6)c4n2c13)c1cccc2c3c(N(c4ccccc4)c4ccccc4[Si](C)(C)C)cccc3n5c21. The van der Waals surface area contributed by atoms with E-state index in [0.717, 1.165) is 22.7 Å². The van der Waals surface area contributed by atoms with Crippen molar-refractivity contribution < 1.29 is 0 Å². The van der Waals surface area contributed by atoms with Crippen LogP contribution in [-0.4, -0.2) is 16.9 Å². The van der Waals surface area contributed by atoms with Crippen molar-refractivity contribution in [1.82, 2.24) is 8.80 Å². The molecule has 0 fully saturated rings. The maximum absolute atomic E-state index is 2.64. The minimum Gasteiger partial charge on any atom is -0.310 e. The maximum atomic E-state index is 2.64. The molecule has 0 amide bonds. The Labute approximate surface area is 436 Å². The number of para-hydroxylation sites is 6. The van der Waals surface area contributed by atoms with Crippen molar-refractivity contribution in [2.24, 2.45) is 0 Å². The largest absolute Gasteiger partial charge is 0.310 e. The first kappa shape index (κ1) is 43.4. The van der Waals surface area contributed by atoms with Crippen LogP contribution < -0.4 is 15.0 Å². The van der Waals surface area contributed by atoms with Crippen LogP contribution in [0.2, 0.25) is 19.6 Å². The summed E-state index contributed by atoms with van der Waals surface area (Å²) in [5.41, 5.74) is 20.4. The fraction of sp³-hybridized carbons (Fsp3) is 0.0571. The molecule has 0 unspecified atom stereocenters. The van der Waals surface area contributed by atoms with Gasteiger partial charge in [0, 0.05) is 77.0 Å². The molecule has 11 aromatic carbocycles. The summed E-state index contributed by atoms with van der Waals surface area (Å²) in [5, 5.41) is 11.4. The number of nitrogens with zero attached hydrogens (tertiary/aromatic N) is 4. The van der Waals surface area contributed by atoms with Gasteiger partial charge in [0.25, 0.3) is 0 Å². The topological polar surface area (TPSA) is 15.3 Å². The third kappa shape index (κ3) is 6.22. The minimum atomic E-state index is -1.81. The molecule has 5 heteroatoms. The van der Waals surface area contributed by atoms with Gasteiger partial charge in [-0.3, -0.25) is 0 Å². The average molecular weight is 977 g/mol. The molecule has 4 heterocycles. The van der Waals surface area contributed by atoms with Gasteiger partial charge in [0.1, 0.15) is 0 Å². The Morgan fingerprint density at radius 3 is 1.12 bits per heavy atom. The summed E-state index contributed by atoms with van der Waals surface area (Å²) in [6.07, 6.45) is 0. The molecular weight excluding hydrogens is 925 g/mol. The van der Waals surface area contributed by atoms with E-state index in [4.69, 9.17) is 0 Å². The van der Waals surface area contributed by atoms with Crippen molar-refractivity contribution >= 4 is 124 Å². The Morgan fingerprint density at radius 2 is 0.667 bits per heavy atom. The van der Waals surface area contributed by atoms with E-state index in [-0.39, 0.29) is 0 Å². The predicted molar refractivity (Wildman–Crippen MR) is 324 cm³/mol. The zero-order valence-electron chi connectivity index (χ0n) is 42.4. The average Bonchev–Trinajstić information content (AvgIpc) is 4.40. The third-order valence-electron chi connectivity index (χ3n) is 16.0. The van der Waals surface area contributed by atoms with Gasteiger partial charge < -0.3 is 18.6 Å². The van der Waals surface area contributed by atoms with E-state index < -0.39 is 8.07 Å². The Hall–Kier alpha value is -9.16. The van der Waals surface area contributed by atoms with Crippen LogP contribution in [-0.2, 0) is 0 Å². The number of rotatable bonds is 9. The van der Waals surface area contributed by atoms with E-state index in [2.05, 4.69) is 288 Å². The lowest BCUT2D eigenvalue weighted by molar-refractivity contribution is 1.26. The second-order valence-corrected chi connectivity index (χ2v) is 26.3. The lowest BCUT2D eigenvalue weighted by Crippen LogP contribution is -2.40. The number of hydrogen-bond acceptors (Lipinski definition) is 2. The number of anilines is 6. The van der Waals surface area contributed by atoms with Crippen LogP contribution in [0.1, 0.15) is 5.56 Å². The highest BCUT2D eigenvalue weighted by molar-refractivity contribution is 6.89. The Balaban J connectivity index is 1.14. The van der Waals surface area contributed by atoms with E-state index in [1.807, 2.05) is 0 Å². The molecule has 0 aliphatic carbocycles. The van der Waals surface area contributed by atoms with Crippen LogP contribution in [0.4, 0.5) is 34.1 Å². The predicted octanol–water partition coefficient (Wildman–Crippen LogP) is 19.1. The zero-order valence-corrected chi connectivity index (χ0v) is 43.4. The molecular formula is C70H52N4Si. The van der Waals surface area contributed by atoms with Gasteiger partial charge in [-0.05, 0) is 89.5 Å². The monoisotopic (exact) mass is 976 g/mol. The van der Waals surface area contributed by atoms with Crippen LogP contribution in [0.25, 0.3) is 98.4 Å². The van der Waals surface area contributed by atoms with Crippen LogP contribution in [0.5, 0.6) is 0 Å². The lowest BCUT2D eigenvalue weighted by atomic mass is 9.89. The number of hydrogen-bond donors (Lipinski definition) is 0. The maximum Gasteiger partial charge on any atom is 0.0803 e. The number of aryl methyl sites for hydroxylation is 1. The summed E-state index contributed by atoms with van der Waals surface area (Å²) in [6, 6.07) is 90.1. The molecule has 0 spiro atoms. The van der Waals surface area contributed by atoms with Gasteiger partial charge in [-0.2, -0.15) is 0 Å². The van der Waals surface area contributed by atoms with E-state index in [9.17, 15) is 0 Å². The zero-order chi connectivity index (χ0) is 50.1. The standard InChI is InChI=1S/C70H52N4Si/c1-45-25-17-18-38-54(45)71(48-30-13-7-14-31-48)56-40-23-42-58-63(56)50-34-21-36-52-65-62(47-28-11-6-12-29-47)70-66(61(46-26-9-5-10-27-46)69(65)73(58)67(50)52)53-37-22-35-51-64-57(41-24-43-59(64)74(70)68(51)53)72(49-32-15-8-16-33-49)55-39-19-20-44-60(55)75(2,3)4/h5-44H,1-4H3. The molecule has 0 N–H and O–H groups in total. The molecule has 356 valence electrons. The molecule has 0 bridgehead atoms. The highest BCUT2D eigenvalue weighted by Gasteiger charge is 2.33. The van der Waals surface area contributed by atoms with Gasteiger partial charge in [0.05, 0.1) is 52.5 Å². The molecule has 0 saturated heterocycles. The normalized spacial score (nSPS) is 12.3. The lowest BCUT2D eigenvalue weighted by Gasteiger charge is -2.31. The summed E-state index contributed by atoms with van der Waals surface area (Å²) in [6.45, 7) is 9.60. The number of fused-ring (bicyclic) bond motifs is 12. The third-order valence-corrected chi connectivity index (χ3v) is 18.0. The van der Waals surface area contributed by atoms with Crippen LogP contribution in [0, 0.1) is 6.92 Å². The van der Waals surface area contributed by atoms with Crippen molar-refractivity contribution in [1.29, 1.82) is 0 Å². The van der Waals surface area contributed by atoms with Crippen LogP contribution >= 0.6 is 0 Å². The van der Waals surface area contributed by atoms with Crippen molar-refractivity contribution in [2.75, 3.05) is 9.80 Å². The number of benzene rings is 11. The summed E-state index contributed by atoms with van der Waals surface area (Å²) < 4.78 is 5.28. The molecule has 75 heavy (non-hydrogen) atoms. The van der Waals surface area contributed by atoms with Gasteiger partial charge in [-0.15, -0.1) is 0 Å². The fourth-order valence-corrected chi connectivity index (χ4v) is 14.5. The minimum absolute atomic E-state index is 1.13. The summed E-state index contributed by atoms with van der Waals surface area (Å²) in [5.74, 6) is 0. The van der Waals surface area contributed by atoms with Crippen molar-refractivity contribution in [3.8, 4) is 22.3 Å². The van der Waals surface area contributed by atoms with Crippen molar-refractivity contribution in [2.45, 2.75) is 26.6 Å². The smallest absolute Gasteiger partial charge is 0.0803 e. The first-order chi connectivity index (χ1) is 36.9. The molecule has 15 aromatic rings. The number of aromatic nitrogens is 2. The van der Waals surface area contributed by atoms with E-state index in [0.29, 0.717) is 0 Å². The second-order valence-electron chi connectivity index (χ2n) is 21.2. The molecule has 0 saturated carbocycles.